The minimum Gasteiger partial charge on any atom is -0.393 e. The molecule has 1 N–H and O–H groups in total. The third kappa shape index (κ3) is 3.65. The van der Waals surface area contributed by atoms with E-state index >= 15 is 0 Å². The molecule has 0 amide bonds. The molecule has 0 spiro atoms. The standard InChI is InChI=1S/C32H54O/c1-10-23(21(2)3)12-11-22(4)24-15-19-32(9)26-13-14-27-29(5,6)28(33)17-18-30(27,7)25(26)16-20-31(24,32)8/h10,21-22,24,27-28,33H,11-20H2,1-9H3/t22-,24-,27?,28+,30-,31-,32+/m1/s1. The first-order valence-corrected chi connectivity index (χ1v) is 14.4. The fourth-order valence-electron chi connectivity index (χ4n) is 9.99. The van der Waals surface area contributed by atoms with Gasteiger partial charge in [0.15, 0.2) is 0 Å². The van der Waals surface area contributed by atoms with Crippen molar-refractivity contribution < 1.29 is 5.11 Å². The summed E-state index contributed by atoms with van der Waals surface area (Å²) < 4.78 is 0. The minimum atomic E-state index is -0.133. The molecule has 1 heteroatoms. The van der Waals surface area contributed by atoms with Gasteiger partial charge in [-0.2, -0.15) is 0 Å². The average Bonchev–Trinajstić information content (AvgIpc) is 3.03. The predicted molar refractivity (Wildman–Crippen MR) is 142 cm³/mol. The van der Waals surface area contributed by atoms with Gasteiger partial charge in [0.2, 0.25) is 0 Å². The van der Waals surface area contributed by atoms with E-state index in [0.717, 1.165) is 18.3 Å². The van der Waals surface area contributed by atoms with Crippen LogP contribution in [0.4, 0.5) is 0 Å². The van der Waals surface area contributed by atoms with E-state index in [1.165, 1.54) is 57.8 Å². The molecule has 1 unspecified atom stereocenters. The summed E-state index contributed by atoms with van der Waals surface area (Å²) in [6.45, 7) is 22.2. The van der Waals surface area contributed by atoms with E-state index in [4.69, 9.17) is 0 Å². The van der Waals surface area contributed by atoms with Crippen molar-refractivity contribution in [2.45, 2.75) is 133 Å². The highest BCUT2D eigenvalue weighted by Crippen LogP contribution is 2.72. The highest BCUT2D eigenvalue weighted by Gasteiger charge is 2.63. The SMILES string of the molecule is CC=C(CC[C@@H](C)[C@H]1CC[C@@]2(C)C3=C(CC[C@]12C)[C@@]1(C)CC[C@H](O)C(C)(C)C1CC3)C(C)C. The number of aliphatic hydroxyl groups excluding tert-OH is 1. The highest BCUT2D eigenvalue weighted by atomic mass is 16.3. The molecule has 0 aliphatic heterocycles. The molecular formula is C32H54O. The van der Waals surface area contributed by atoms with Crippen LogP contribution in [-0.4, -0.2) is 11.2 Å². The second-order valence-corrected chi connectivity index (χ2v) is 14.3. The molecule has 33 heavy (non-hydrogen) atoms. The van der Waals surface area contributed by atoms with Crippen molar-refractivity contribution >= 4 is 0 Å². The molecule has 7 atom stereocenters. The van der Waals surface area contributed by atoms with Crippen molar-refractivity contribution in [2.75, 3.05) is 0 Å². The Hall–Kier alpha value is -0.560. The minimum absolute atomic E-state index is 0.0425. The summed E-state index contributed by atoms with van der Waals surface area (Å²) in [5, 5.41) is 10.8. The summed E-state index contributed by atoms with van der Waals surface area (Å²) >= 11 is 0. The Morgan fingerprint density at radius 2 is 1.64 bits per heavy atom. The zero-order chi connectivity index (χ0) is 24.4. The smallest absolute Gasteiger partial charge is 0.0594 e. The molecular weight excluding hydrogens is 400 g/mol. The van der Waals surface area contributed by atoms with Crippen LogP contribution >= 0.6 is 0 Å². The van der Waals surface area contributed by atoms with Crippen molar-refractivity contribution in [3.05, 3.63) is 22.8 Å². The van der Waals surface area contributed by atoms with Crippen LogP contribution in [0.1, 0.15) is 127 Å². The third-order valence-corrected chi connectivity index (χ3v) is 12.5. The molecule has 4 rings (SSSR count). The maximum absolute atomic E-state index is 10.8. The summed E-state index contributed by atoms with van der Waals surface area (Å²) in [5.74, 6) is 2.98. The molecule has 2 saturated carbocycles. The monoisotopic (exact) mass is 454 g/mol. The van der Waals surface area contributed by atoms with Gasteiger partial charge < -0.3 is 5.11 Å². The topological polar surface area (TPSA) is 20.2 Å². The molecule has 0 aromatic rings. The zero-order valence-corrected chi connectivity index (χ0v) is 23.5. The quantitative estimate of drug-likeness (QED) is 0.411. The molecule has 188 valence electrons. The molecule has 4 aliphatic carbocycles. The first kappa shape index (κ1) is 25.5. The van der Waals surface area contributed by atoms with Crippen LogP contribution in [0.2, 0.25) is 0 Å². The number of fused-ring (bicyclic) bond motifs is 4. The van der Waals surface area contributed by atoms with E-state index in [-0.39, 0.29) is 11.5 Å². The lowest BCUT2D eigenvalue weighted by Crippen LogP contribution is -2.55. The molecule has 4 aliphatic rings. The van der Waals surface area contributed by atoms with Crippen LogP contribution in [0.25, 0.3) is 0 Å². The Morgan fingerprint density at radius 1 is 0.939 bits per heavy atom. The Bertz CT molecular complexity index is 814. The molecule has 0 saturated heterocycles. The van der Waals surface area contributed by atoms with Gasteiger partial charge in [0, 0.05) is 0 Å². The number of allylic oxidation sites excluding steroid dienone is 4. The maximum Gasteiger partial charge on any atom is 0.0594 e. The lowest BCUT2D eigenvalue weighted by Gasteiger charge is -2.62. The molecule has 1 nitrogen and oxygen atoms in total. The van der Waals surface area contributed by atoms with E-state index in [1.807, 2.05) is 11.1 Å². The van der Waals surface area contributed by atoms with Crippen molar-refractivity contribution in [2.24, 2.45) is 45.3 Å². The molecule has 0 radical (unpaired) electrons. The molecule has 0 aromatic heterocycles. The number of hydrogen-bond donors (Lipinski definition) is 1. The summed E-state index contributed by atoms with van der Waals surface area (Å²) in [6, 6.07) is 0. The Kier molecular flexibility index (Phi) is 6.60. The first-order chi connectivity index (χ1) is 15.3. The van der Waals surface area contributed by atoms with E-state index < -0.39 is 0 Å². The summed E-state index contributed by atoms with van der Waals surface area (Å²) in [6.07, 6.45) is 15.1. The van der Waals surface area contributed by atoms with Gasteiger partial charge in [0.25, 0.3) is 0 Å². The van der Waals surface area contributed by atoms with Crippen LogP contribution in [0, 0.1) is 45.3 Å². The van der Waals surface area contributed by atoms with Gasteiger partial charge in [-0.25, -0.2) is 0 Å². The molecule has 0 aromatic carbocycles. The summed E-state index contributed by atoms with van der Waals surface area (Å²) in [5.41, 5.74) is 6.57. The summed E-state index contributed by atoms with van der Waals surface area (Å²) in [4.78, 5) is 0. The largest absolute Gasteiger partial charge is 0.393 e. The first-order valence-electron chi connectivity index (χ1n) is 14.4. The number of hydrogen-bond acceptors (Lipinski definition) is 1. The fraction of sp³-hybridized carbons (Fsp3) is 0.875. The Balaban J connectivity index is 1.61. The fourth-order valence-corrected chi connectivity index (χ4v) is 9.99. The average molecular weight is 455 g/mol. The summed E-state index contributed by atoms with van der Waals surface area (Å²) in [7, 11) is 0. The van der Waals surface area contributed by atoms with Crippen LogP contribution in [0.3, 0.4) is 0 Å². The highest BCUT2D eigenvalue weighted by molar-refractivity contribution is 5.38. The second-order valence-electron chi connectivity index (χ2n) is 14.3. The normalized spacial score (nSPS) is 43.8. The predicted octanol–water partition coefficient (Wildman–Crippen LogP) is 9.12. The van der Waals surface area contributed by atoms with Gasteiger partial charge in [0.05, 0.1) is 6.10 Å². The van der Waals surface area contributed by atoms with Gasteiger partial charge in [-0.15, -0.1) is 0 Å². The van der Waals surface area contributed by atoms with Gasteiger partial charge in [-0.1, -0.05) is 78.2 Å². The Morgan fingerprint density at radius 3 is 2.27 bits per heavy atom. The van der Waals surface area contributed by atoms with E-state index in [0.29, 0.717) is 28.1 Å². The van der Waals surface area contributed by atoms with Crippen molar-refractivity contribution in [1.29, 1.82) is 0 Å². The lowest BCUT2D eigenvalue weighted by atomic mass is 9.43. The zero-order valence-electron chi connectivity index (χ0n) is 23.5. The van der Waals surface area contributed by atoms with Gasteiger partial charge >= 0.3 is 0 Å². The van der Waals surface area contributed by atoms with E-state index in [2.05, 4.69) is 68.4 Å². The van der Waals surface area contributed by atoms with Gasteiger partial charge in [0.1, 0.15) is 0 Å². The molecule has 0 heterocycles. The van der Waals surface area contributed by atoms with Gasteiger partial charge in [-0.3, -0.25) is 0 Å². The Labute approximate surface area is 205 Å². The van der Waals surface area contributed by atoms with E-state index in [9.17, 15) is 5.11 Å². The van der Waals surface area contributed by atoms with Gasteiger partial charge in [-0.05, 0) is 116 Å². The van der Waals surface area contributed by atoms with Crippen LogP contribution in [-0.2, 0) is 0 Å². The van der Waals surface area contributed by atoms with Crippen molar-refractivity contribution in [1.82, 2.24) is 0 Å². The van der Waals surface area contributed by atoms with Crippen LogP contribution in [0.5, 0.6) is 0 Å². The van der Waals surface area contributed by atoms with Crippen LogP contribution in [0.15, 0.2) is 22.8 Å². The number of aliphatic hydroxyl groups is 1. The third-order valence-electron chi connectivity index (χ3n) is 12.5. The maximum atomic E-state index is 10.8. The lowest BCUT2D eigenvalue weighted by molar-refractivity contribution is -0.0962. The van der Waals surface area contributed by atoms with E-state index in [1.54, 1.807) is 5.57 Å². The van der Waals surface area contributed by atoms with Crippen LogP contribution < -0.4 is 0 Å². The number of rotatable bonds is 5. The molecule has 2 fully saturated rings. The van der Waals surface area contributed by atoms with Crippen molar-refractivity contribution in [3.8, 4) is 0 Å². The van der Waals surface area contributed by atoms with Crippen molar-refractivity contribution in [3.63, 3.8) is 0 Å². The second kappa shape index (κ2) is 8.53. The molecule has 0 bridgehead atoms.